The average Bonchev–Trinajstić information content (AvgIpc) is 2.48. The monoisotopic (exact) mass is 296 g/mol. The molecule has 0 aliphatic heterocycles. The summed E-state index contributed by atoms with van der Waals surface area (Å²) < 4.78 is 15.9. The van der Waals surface area contributed by atoms with Gasteiger partial charge in [0.2, 0.25) is 0 Å². The van der Waals surface area contributed by atoms with Crippen LogP contribution in [0, 0.1) is 5.41 Å². The molecule has 0 radical (unpaired) electrons. The van der Waals surface area contributed by atoms with Gasteiger partial charge in [-0.1, -0.05) is 12.1 Å². The van der Waals surface area contributed by atoms with E-state index in [0.29, 0.717) is 6.61 Å². The zero-order valence-electron chi connectivity index (χ0n) is 13.1. The standard InChI is InChI=1S/C16H24O5/c1-5-20-15(18)16(2,3)14(21-11-10-17)12-6-8-13(19-4)9-7-12/h6-9,14,17H,5,10-11H2,1-4H3/t14-/m0/s1. The number of aliphatic hydroxyl groups is 1. The Balaban J connectivity index is 3.05. The fourth-order valence-electron chi connectivity index (χ4n) is 2.09. The maximum Gasteiger partial charge on any atom is 0.314 e. The van der Waals surface area contributed by atoms with Crippen LogP contribution in [-0.4, -0.2) is 38.0 Å². The van der Waals surface area contributed by atoms with Crippen LogP contribution in [0.15, 0.2) is 24.3 Å². The Morgan fingerprint density at radius 1 is 1.29 bits per heavy atom. The zero-order chi connectivity index (χ0) is 15.9. The van der Waals surface area contributed by atoms with Gasteiger partial charge in [-0.3, -0.25) is 4.79 Å². The summed E-state index contributed by atoms with van der Waals surface area (Å²) in [5, 5.41) is 8.99. The highest BCUT2D eigenvalue weighted by Gasteiger charge is 2.40. The molecule has 21 heavy (non-hydrogen) atoms. The van der Waals surface area contributed by atoms with Crippen molar-refractivity contribution in [3.8, 4) is 5.75 Å². The van der Waals surface area contributed by atoms with E-state index >= 15 is 0 Å². The van der Waals surface area contributed by atoms with Crippen molar-refractivity contribution in [2.75, 3.05) is 26.9 Å². The van der Waals surface area contributed by atoms with Crippen LogP contribution in [0.25, 0.3) is 0 Å². The second-order valence-electron chi connectivity index (χ2n) is 5.19. The van der Waals surface area contributed by atoms with Gasteiger partial charge in [-0.25, -0.2) is 0 Å². The lowest BCUT2D eigenvalue weighted by atomic mass is 9.82. The van der Waals surface area contributed by atoms with Gasteiger partial charge in [-0.2, -0.15) is 0 Å². The highest BCUT2D eigenvalue weighted by Crippen LogP contribution is 2.38. The Kier molecular flexibility index (Phi) is 6.65. The minimum absolute atomic E-state index is 0.106. The molecule has 5 heteroatoms. The fraction of sp³-hybridized carbons (Fsp3) is 0.562. The third-order valence-electron chi connectivity index (χ3n) is 3.25. The number of aliphatic hydroxyl groups excluding tert-OH is 1. The number of esters is 1. The van der Waals surface area contributed by atoms with Crippen molar-refractivity contribution in [2.45, 2.75) is 26.9 Å². The van der Waals surface area contributed by atoms with Gasteiger partial charge >= 0.3 is 5.97 Å². The topological polar surface area (TPSA) is 65.0 Å². The third-order valence-corrected chi connectivity index (χ3v) is 3.25. The Hall–Kier alpha value is -1.59. The van der Waals surface area contributed by atoms with Crippen molar-refractivity contribution in [3.63, 3.8) is 0 Å². The normalized spacial score (nSPS) is 12.8. The molecular weight excluding hydrogens is 272 g/mol. The van der Waals surface area contributed by atoms with E-state index in [1.807, 2.05) is 24.3 Å². The molecule has 118 valence electrons. The van der Waals surface area contributed by atoms with E-state index in [1.54, 1.807) is 27.9 Å². The van der Waals surface area contributed by atoms with E-state index in [4.69, 9.17) is 19.3 Å². The summed E-state index contributed by atoms with van der Waals surface area (Å²) in [6, 6.07) is 7.32. The quantitative estimate of drug-likeness (QED) is 0.746. The summed E-state index contributed by atoms with van der Waals surface area (Å²) in [7, 11) is 1.59. The van der Waals surface area contributed by atoms with Gasteiger partial charge in [0, 0.05) is 0 Å². The van der Waals surface area contributed by atoms with Crippen LogP contribution < -0.4 is 4.74 Å². The lowest BCUT2D eigenvalue weighted by molar-refractivity contribution is -0.164. The molecule has 0 saturated carbocycles. The number of benzene rings is 1. The van der Waals surface area contributed by atoms with Crippen LogP contribution in [0.2, 0.25) is 0 Å². The molecule has 1 N–H and O–H groups in total. The van der Waals surface area contributed by atoms with E-state index in [2.05, 4.69) is 0 Å². The van der Waals surface area contributed by atoms with Crippen LogP contribution in [0.3, 0.4) is 0 Å². The van der Waals surface area contributed by atoms with E-state index in [9.17, 15) is 4.79 Å². The second-order valence-corrected chi connectivity index (χ2v) is 5.19. The van der Waals surface area contributed by atoms with E-state index < -0.39 is 11.5 Å². The molecule has 5 nitrogen and oxygen atoms in total. The minimum atomic E-state index is -0.861. The number of carbonyl (C=O) groups is 1. The Labute approximate surface area is 125 Å². The first-order valence-electron chi connectivity index (χ1n) is 7.01. The maximum atomic E-state index is 12.2. The molecule has 1 rings (SSSR count). The highest BCUT2D eigenvalue weighted by atomic mass is 16.5. The SMILES string of the molecule is CCOC(=O)C(C)(C)[C@@H](OCCO)c1ccc(OC)cc1. The summed E-state index contributed by atoms with van der Waals surface area (Å²) in [5.74, 6) is 0.400. The predicted molar refractivity (Wildman–Crippen MR) is 79.2 cm³/mol. The molecule has 0 fully saturated rings. The number of hydrogen-bond acceptors (Lipinski definition) is 5. The predicted octanol–water partition coefficient (Wildman–Crippen LogP) is 2.33. The molecule has 0 heterocycles. The van der Waals surface area contributed by atoms with Crippen LogP contribution in [0.4, 0.5) is 0 Å². The van der Waals surface area contributed by atoms with Crippen molar-refractivity contribution in [1.82, 2.24) is 0 Å². The van der Waals surface area contributed by atoms with E-state index in [1.165, 1.54) is 0 Å². The number of ether oxygens (including phenoxy) is 3. The number of rotatable bonds is 8. The number of hydrogen-bond donors (Lipinski definition) is 1. The number of carbonyl (C=O) groups excluding carboxylic acids is 1. The van der Waals surface area contributed by atoms with Crippen molar-refractivity contribution in [1.29, 1.82) is 0 Å². The molecule has 0 amide bonds. The van der Waals surface area contributed by atoms with Crippen LogP contribution in [0.1, 0.15) is 32.4 Å². The molecule has 0 saturated heterocycles. The van der Waals surface area contributed by atoms with Crippen LogP contribution in [-0.2, 0) is 14.3 Å². The Bertz CT molecular complexity index is 438. The molecule has 0 spiro atoms. The first-order chi connectivity index (χ1) is 9.97. The molecule has 1 aromatic rings. The van der Waals surface area contributed by atoms with Gasteiger partial charge in [-0.05, 0) is 38.5 Å². The molecule has 1 aromatic carbocycles. The summed E-state index contributed by atoms with van der Waals surface area (Å²) in [6.45, 7) is 5.68. The summed E-state index contributed by atoms with van der Waals surface area (Å²) in [5.41, 5.74) is -0.0259. The van der Waals surface area contributed by atoms with Crippen molar-refractivity contribution >= 4 is 5.97 Å². The van der Waals surface area contributed by atoms with Crippen molar-refractivity contribution in [3.05, 3.63) is 29.8 Å². The first-order valence-corrected chi connectivity index (χ1v) is 7.01. The highest BCUT2D eigenvalue weighted by molar-refractivity contribution is 5.77. The van der Waals surface area contributed by atoms with Crippen LogP contribution >= 0.6 is 0 Å². The second kappa shape index (κ2) is 8.00. The largest absolute Gasteiger partial charge is 0.497 e. The molecule has 0 bridgehead atoms. The Morgan fingerprint density at radius 2 is 1.90 bits per heavy atom. The van der Waals surface area contributed by atoms with Gasteiger partial charge in [-0.15, -0.1) is 0 Å². The van der Waals surface area contributed by atoms with E-state index in [0.717, 1.165) is 11.3 Å². The van der Waals surface area contributed by atoms with Gasteiger partial charge < -0.3 is 19.3 Å². The lowest BCUT2D eigenvalue weighted by Gasteiger charge is -2.32. The molecule has 0 unspecified atom stereocenters. The molecule has 0 aromatic heterocycles. The summed E-state index contributed by atoms with van der Waals surface area (Å²) in [4.78, 5) is 12.2. The van der Waals surface area contributed by atoms with Gasteiger partial charge in [0.25, 0.3) is 0 Å². The molecular formula is C16H24O5. The Morgan fingerprint density at radius 3 is 2.38 bits per heavy atom. The van der Waals surface area contributed by atoms with Gasteiger partial charge in [0.1, 0.15) is 5.75 Å². The fourth-order valence-corrected chi connectivity index (χ4v) is 2.09. The maximum absolute atomic E-state index is 12.2. The van der Waals surface area contributed by atoms with Crippen molar-refractivity contribution < 1.29 is 24.1 Å². The first kappa shape index (κ1) is 17.5. The van der Waals surface area contributed by atoms with Crippen molar-refractivity contribution in [2.24, 2.45) is 5.41 Å². The minimum Gasteiger partial charge on any atom is -0.497 e. The van der Waals surface area contributed by atoms with Gasteiger partial charge in [0.05, 0.1) is 38.4 Å². The molecule has 0 aliphatic carbocycles. The molecule has 0 aliphatic rings. The summed E-state index contributed by atoms with van der Waals surface area (Å²) >= 11 is 0. The van der Waals surface area contributed by atoms with Gasteiger partial charge in [0.15, 0.2) is 0 Å². The summed E-state index contributed by atoms with van der Waals surface area (Å²) in [6.07, 6.45) is -0.505. The smallest absolute Gasteiger partial charge is 0.314 e. The molecule has 1 atom stereocenters. The van der Waals surface area contributed by atoms with Crippen LogP contribution in [0.5, 0.6) is 5.75 Å². The van der Waals surface area contributed by atoms with E-state index in [-0.39, 0.29) is 19.2 Å². The zero-order valence-corrected chi connectivity index (χ0v) is 13.1. The number of methoxy groups -OCH3 is 1. The lowest BCUT2D eigenvalue weighted by Crippen LogP contribution is -2.35. The average molecular weight is 296 g/mol. The third kappa shape index (κ3) is 4.44.